The number of benzene rings is 2. The van der Waals surface area contributed by atoms with E-state index < -0.39 is 0 Å². The van der Waals surface area contributed by atoms with Crippen LogP contribution in [0.4, 0.5) is 5.69 Å². The smallest absolute Gasteiger partial charge is 0.224 e. The molecule has 0 saturated heterocycles. The number of halogens is 1. The van der Waals surface area contributed by atoms with Crippen LogP contribution in [0.3, 0.4) is 0 Å². The molecule has 0 spiro atoms. The predicted molar refractivity (Wildman–Crippen MR) is 184 cm³/mol. The van der Waals surface area contributed by atoms with Crippen LogP contribution in [-0.2, 0) is 23.2 Å². The molecule has 0 aliphatic carbocycles. The van der Waals surface area contributed by atoms with Crippen molar-refractivity contribution < 1.29 is 31.1 Å². The Bertz CT molecular complexity index is 1190. The van der Waals surface area contributed by atoms with Gasteiger partial charge >= 0.3 is 0 Å². The summed E-state index contributed by atoms with van der Waals surface area (Å²) in [5.41, 5.74) is 6.75. The fraction of sp³-hybridized carbons (Fsp3) is 0.579. The summed E-state index contributed by atoms with van der Waals surface area (Å²) in [6, 6.07) is 15.0. The van der Waals surface area contributed by atoms with E-state index in [1.54, 1.807) is 18.3 Å². The normalized spacial score (nSPS) is 11.3. The molecule has 1 heterocycles. The standard InChI is InChI=1S/C38H57N2O2S.BrH/c1-6-7-8-9-10-11-12-13-14-15-16-17-27-42-37-23-20-33(29-36(37)38(3,4)5)24-25-40(32(2)41)35-21-18-34(19-22-35)30-39-26-28-43-31-39;/h18-23,26,28-29,31H,6-17,24-25,27,30H2,1-5H3;1H/q+1;/p-1. The van der Waals surface area contributed by atoms with Crippen molar-refractivity contribution in [1.29, 1.82) is 0 Å². The number of carbonyl (C=O) groups is 1. The molecule has 0 unspecified atom stereocenters. The average Bonchev–Trinajstić information content (AvgIpc) is 3.49. The second-order valence-corrected chi connectivity index (χ2v) is 13.9. The van der Waals surface area contributed by atoms with Crippen LogP contribution in [0, 0.1) is 0 Å². The highest BCUT2D eigenvalue weighted by molar-refractivity contribution is 7.07. The summed E-state index contributed by atoms with van der Waals surface area (Å²) in [5, 5.41) is 2.08. The van der Waals surface area contributed by atoms with Crippen molar-refractivity contribution in [3.05, 3.63) is 76.2 Å². The SMILES string of the molecule is CCCCCCCCCCCCCCOc1ccc(CCN(C(C)=O)c2ccc(C[n+]3ccsc3)cc2)cc1C(C)(C)C.[Br-]. The number of aromatic nitrogens is 1. The van der Waals surface area contributed by atoms with Gasteiger partial charge in [-0.3, -0.25) is 4.79 Å². The zero-order valence-electron chi connectivity index (χ0n) is 28.1. The van der Waals surface area contributed by atoms with Gasteiger partial charge in [0.15, 0.2) is 12.7 Å². The minimum Gasteiger partial charge on any atom is -1.00 e. The second-order valence-electron chi connectivity index (χ2n) is 13.1. The summed E-state index contributed by atoms with van der Waals surface area (Å²) >= 11 is 1.69. The van der Waals surface area contributed by atoms with Gasteiger partial charge in [0.25, 0.3) is 0 Å². The maximum Gasteiger partial charge on any atom is 0.224 e. The number of unbranched alkanes of at least 4 members (excludes halogenated alkanes) is 11. The van der Waals surface area contributed by atoms with Crippen LogP contribution < -0.4 is 31.2 Å². The highest BCUT2D eigenvalue weighted by atomic mass is 79.9. The van der Waals surface area contributed by atoms with Gasteiger partial charge in [0.05, 0.1) is 12.0 Å². The number of hydrogen-bond acceptors (Lipinski definition) is 3. The fourth-order valence-electron chi connectivity index (χ4n) is 5.62. The Labute approximate surface area is 283 Å². The predicted octanol–water partition coefficient (Wildman–Crippen LogP) is 7.06. The maximum absolute atomic E-state index is 12.6. The van der Waals surface area contributed by atoms with Crippen molar-refractivity contribution in [2.75, 3.05) is 18.1 Å². The Morgan fingerprint density at radius 3 is 1.98 bits per heavy atom. The van der Waals surface area contributed by atoms with Crippen molar-refractivity contribution in [1.82, 2.24) is 0 Å². The molecular weight excluding hydrogens is 628 g/mol. The van der Waals surface area contributed by atoms with E-state index in [0.717, 1.165) is 37.4 Å². The Hall–Kier alpha value is -2.18. The van der Waals surface area contributed by atoms with E-state index >= 15 is 0 Å². The van der Waals surface area contributed by atoms with Crippen molar-refractivity contribution in [3.8, 4) is 5.75 Å². The molecular formula is C38H57BrN2O2S. The van der Waals surface area contributed by atoms with E-state index in [4.69, 9.17) is 4.74 Å². The molecule has 1 aromatic heterocycles. The zero-order chi connectivity index (χ0) is 30.9. The van der Waals surface area contributed by atoms with Gasteiger partial charge in [0.1, 0.15) is 5.75 Å². The van der Waals surface area contributed by atoms with Crippen LogP contribution in [0.1, 0.15) is 128 Å². The van der Waals surface area contributed by atoms with Crippen LogP contribution in [0.25, 0.3) is 0 Å². The lowest BCUT2D eigenvalue weighted by Gasteiger charge is -2.25. The molecule has 2 aromatic carbocycles. The molecule has 244 valence electrons. The molecule has 0 bridgehead atoms. The summed E-state index contributed by atoms with van der Waals surface area (Å²) in [6.45, 7) is 13.0. The van der Waals surface area contributed by atoms with E-state index in [1.807, 2.05) is 4.90 Å². The summed E-state index contributed by atoms with van der Waals surface area (Å²) in [6.07, 6.45) is 19.1. The maximum atomic E-state index is 12.6. The lowest BCUT2D eigenvalue weighted by molar-refractivity contribution is -0.683. The first-order valence-corrected chi connectivity index (χ1v) is 17.8. The third-order valence-corrected chi connectivity index (χ3v) is 8.92. The van der Waals surface area contributed by atoms with Gasteiger partial charge in [-0.25, -0.2) is 0 Å². The molecule has 3 rings (SSSR count). The minimum absolute atomic E-state index is 0. The van der Waals surface area contributed by atoms with E-state index in [2.05, 4.69) is 91.8 Å². The number of rotatable bonds is 20. The van der Waals surface area contributed by atoms with Gasteiger partial charge in [-0.2, -0.15) is 4.57 Å². The van der Waals surface area contributed by atoms with Crippen molar-refractivity contribution in [2.24, 2.45) is 0 Å². The summed E-state index contributed by atoms with van der Waals surface area (Å²) in [4.78, 5) is 14.5. The highest BCUT2D eigenvalue weighted by Crippen LogP contribution is 2.33. The lowest BCUT2D eigenvalue weighted by Crippen LogP contribution is -3.00. The topological polar surface area (TPSA) is 33.4 Å². The van der Waals surface area contributed by atoms with E-state index in [1.165, 1.54) is 87.3 Å². The Balaban J connectivity index is 0.00000675. The highest BCUT2D eigenvalue weighted by Gasteiger charge is 2.20. The number of nitrogens with zero attached hydrogens (tertiary/aromatic N) is 2. The lowest BCUT2D eigenvalue weighted by atomic mass is 9.85. The molecule has 3 aromatic rings. The number of thiazole rings is 1. The number of ether oxygens (including phenoxy) is 1. The van der Waals surface area contributed by atoms with Gasteiger partial charge in [-0.1, -0.05) is 134 Å². The summed E-state index contributed by atoms with van der Waals surface area (Å²) in [5.74, 6) is 1.07. The molecule has 0 atom stereocenters. The molecule has 6 heteroatoms. The summed E-state index contributed by atoms with van der Waals surface area (Å²) in [7, 11) is 0. The van der Waals surface area contributed by atoms with Crippen LogP contribution in [-0.4, -0.2) is 19.1 Å². The first-order valence-electron chi connectivity index (χ1n) is 16.8. The summed E-state index contributed by atoms with van der Waals surface area (Å²) < 4.78 is 8.49. The zero-order valence-corrected chi connectivity index (χ0v) is 30.5. The van der Waals surface area contributed by atoms with E-state index in [0.29, 0.717) is 6.54 Å². The number of carbonyl (C=O) groups excluding carboxylic acids is 1. The number of hydrogen-bond donors (Lipinski definition) is 0. The molecule has 44 heavy (non-hydrogen) atoms. The van der Waals surface area contributed by atoms with Crippen LogP contribution in [0.2, 0.25) is 0 Å². The van der Waals surface area contributed by atoms with Gasteiger partial charge < -0.3 is 26.6 Å². The Morgan fingerprint density at radius 1 is 0.841 bits per heavy atom. The number of amides is 1. The van der Waals surface area contributed by atoms with Crippen molar-refractivity contribution >= 4 is 22.9 Å². The van der Waals surface area contributed by atoms with Gasteiger partial charge in [0, 0.05) is 24.7 Å². The van der Waals surface area contributed by atoms with Crippen LogP contribution in [0.5, 0.6) is 5.75 Å². The quantitative estimate of drug-likeness (QED) is 0.0943. The Kier molecular flexibility index (Phi) is 17.9. The monoisotopic (exact) mass is 684 g/mol. The van der Waals surface area contributed by atoms with Gasteiger partial charge in [-0.05, 0) is 47.6 Å². The molecule has 0 aliphatic rings. The molecule has 4 nitrogen and oxygen atoms in total. The van der Waals surface area contributed by atoms with Gasteiger partial charge in [-0.15, -0.1) is 0 Å². The van der Waals surface area contributed by atoms with Crippen LogP contribution >= 0.6 is 11.3 Å². The van der Waals surface area contributed by atoms with E-state index in [-0.39, 0.29) is 28.3 Å². The second kappa shape index (κ2) is 20.8. The number of anilines is 1. The molecule has 0 radical (unpaired) electrons. The third kappa shape index (κ3) is 13.9. The first-order chi connectivity index (χ1) is 20.8. The molecule has 1 amide bonds. The minimum atomic E-state index is -0.0154. The van der Waals surface area contributed by atoms with Crippen molar-refractivity contribution in [3.63, 3.8) is 0 Å². The largest absolute Gasteiger partial charge is 1.00 e. The van der Waals surface area contributed by atoms with Crippen LogP contribution in [0.15, 0.2) is 59.6 Å². The third-order valence-electron chi connectivity index (χ3n) is 8.25. The molecule has 0 aliphatic heterocycles. The molecule has 0 N–H and O–H groups in total. The molecule has 0 saturated carbocycles. The van der Waals surface area contributed by atoms with Gasteiger partial charge in [0.2, 0.25) is 11.4 Å². The van der Waals surface area contributed by atoms with Crippen molar-refractivity contribution in [2.45, 2.75) is 130 Å². The fourth-order valence-corrected chi connectivity index (χ4v) is 6.22. The molecule has 0 fully saturated rings. The first kappa shape index (κ1) is 38.0. The van der Waals surface area contributed by atoms with E-state index in [9.17, 15) is 4.79 Å². The average molecular weight is 686 g/mol. The Morgan fingerprint density at radius 2 is 1.43 bits per heavy atom.